The van der Waals surface area contributed by atoms with Crippen LogP contribution in [0.1, 0.15) is 31.5 Å². The van der Waals surface area contributed by atoms with Crippen LogP contribution in [-0.2, 0) is 25.1 Å². The molecule has 2 heterocycles. The quantitative estimate of drug-likeness (QED) is 0.845. The van der Waals surface area contributed by atoms with Crippen molar-refractivity contribution in [3.63, 3.8) is 0 Å². The summed E-state index contributed by atoms with van der Waals surface area (Å²) in [5.41, 5.74) is 0. The molecule has 6 nitrogen and oxygen atoms in total. The smallest absolute Gasteiger partial charge is 0.198 e. The molecule has 2 unspecified atom stereocenters. The summed E-state index contributed by atoms with van der Waals surface area (Å²) >= 11 is 5.39. The average Bonchev–Trinajstić information content (AvgIpc) is 2.75. The second-order valence-electron chi connectivity index (χ2n) is 5.63. The van der Waals surface area contributed by atoms with E-state index in [4.69, 9.17) is 17.0 Å². The molecule has 1 aromatic rings. The molecular weight excluding hydrogens is 276 g/mol. The monoisotopic (exact) mass is 298 g/mol. The van der Waals surface area contributed by atoms with Crippen LogP contribution in [0.3, 0.4) is 0 Å². The van der Waals surface area contributed by atoms with E-state index in [0.717, 1.165) is 19.6 Å². The fourth-order valence-corrected chi connectivity index (χ4v) is 3.49. The Balaban J connectivity index is 1.78. The first kappa shape index (κ1) is 14.2. The first-order valence-electron chi connectivity index (χ1n) is 7.30. The average molecular weight is 298 g/mol. The zero-order valence-electron chi connectivity index (χ0n) is 11.9. The molecule has 1 aliphatic carbocycles. The SMILES string of the molecule is Cn1c(CO)nn(CN2CCOC3CCCCC32)c1=S. The van der Waals surface area contributed by atoms with Gasteiger partial charge in [-0.2, -0.15) is 5.10 Å². The van der Waals surface area contributed by atoms with Crippen molar-refractivity contribution in [3.8, 4) is 0 Å². The predicted octanol–water partition coefficient (Wildman–Crippen LogP) is 1.04. The van der Waals surface area contributed by atoms with Crippen LogP contribution >= 0.6 is 12.2 Å². The molecule has 112 valence electrons. The van der Waals surface area contributed by atoms with Crippen LogP contribution < -0.4 is 0 Å². The maximum atomic E-state index is 9.27. The normalized spacial score (nSPS) is 27.5. The van der Waals surface area contributed by atoms with Gasteiger partial charge in [-0.25, -0.2) is 4.68 Å². The highest BCUT2D eigenvalue weighted by molar-refractivity contribution is 7.71. The van der Waals surface area contributed by atoms with E-state index in [1.807, 2.05) is 11.7 Å². The Morgan fingerprint density at radius 3 is 2.95 bits per heavy atom. The number of rotatable bonds is 3. The Morgan fingerprint density at radius 2 is 2.20 bits per heavy atom. The summed E-state index contributed by atoms with van der Waals surface area (Å²) in [6.07, 6.45) is 5.27. The van der Waals surface area contributed by atoms with Gasteiger partial charge in [0.25, 0.3) is 0 Å². The third-order valence-electron chi connectivity index (χ3n) is 4.44. The van der Waals surface area contributed by atoms with Crippen molar-refractivity contribution in [1.29, 1.82) is 0 Å². The Morgan fingerprint density at radius 1 is 1.40 bits per heavy atom. The molecule has 1 saturated heterocycles. The van der Waals surface area contributed by atoms with E-state index < -0.39 is 0 Å². The Kier molecular flexibility index (Phi) is 4.21. The van der Waals surface area contributed by atoms with E-state index in [2.05, 4.69) is 10.00 Å². The molecule has 0 aromatic carbocycles. The first-order chi connectivity index (χ1) is 9.70. The topological polar surface area (TPSA) is 55.5 Å². The summed E-state index contributed by atoms with van der Waals surface area (Å²) in [6.45, 7) is 2.32. The Hall–Kier alpha value is -0.760. The lowest BCUT2D eigenvalue weighted by atomic mass is 9.90. The minimum atomic E-state index is -0.0810. The van der Waals surface area contributed by atoms with Gasteiger partial charge in [-0.15, -0.1) is 0 Å². The van der Waals surface area contributed by atoms with Gasteiger partial charge in [0.15, 0.2) is 10.6 Å². The number of morpholine rings is 1. The van der Waals surface area contributed by atoms with Crippen molar-refractivity contribution in [2.45, 2.75) is 51.1 Å². The number of ether oxygens (including phenoxy) is 1. The summed E-state index contributed by atoms with van der Waals surface area (Å²) in [5.74, 6) is 0.614. The summed E-state index contributed by atoms with van der Waals surface area (Å²) in [7, 11) is 1.85. The molecule has 0 radical (unpaired) electrons. The molecule has 1 aliphatic heterocycles. The van der Waals surface area contributed by atoms with Crippen molar-refractivity contribution in [3.05, 3.63) is 10.6 Å². The van der Waals surface area contributed by atoms with E-state index in [9.17, 15) is 5.11 Å². The van der Waals surface area contributed by atoms with Crippen molar-refractivity contribution < 1.29 is 9.84 Å². The van der Waals surface area contributed by atoms with Crippen LogP contribution in [0.4, 0.5) is 0 Å². The Labute approximate surface area is 123 Å². The number of aromatic nitrogens is 3. The van der Waals surface area contributed by atoms with Crippen LogP contribution in [0.25, 0.3) is 0 Å². The van der Waals surface area contributed by atoms with Crippen LogP contribution in [-0.4, -0.2) is 49.7 Å². The van der Waals surface area contributed by atoms with Gasteiger partial charge in [0, 0.05) is 19.6 Å². The molecular formula is C13H22N4O2S. The maximum absolute atomic E-state index is 9.27. The summed E-state index contributed by atoms with van der Waals surface area (Å²) < 4.78 is 10.1. The fraction of sp³-hybridized carbons (Fsp3) is 0.846. The zero-order chi connectivity index (χ0) is 14.1. The van der Waals surface area contributed by atoms with Gasteiger partial charge in [0.05, 0.1) is 19.4 Å². The second kappa shape index (κ2) is 5.93. The molecule has 2 aliphatic rings. The summed E-state index contributed by atoms with van der Waals surface area (Å²) in [4.78, 5) is 2.43. The summed E-state index contributed by atoms with van der Waals surface area (Å²) in [6, 6.07) is 0.485. The van der Waals surface area contributed by atoms with Crippen LogP contribution in [0, 0.1) is 4.77 Å². The highest BCUT2D eigenvalue weighted by atomic mass is 32.1. The molecule has 0 spiro atoms. The molecule has 1 N–H and O–H groups in total. The maximum Gasteiger partial charge on any atom is 0.198 e. The van der Waals surface area contributed by atoms with Gasteiger partial charge in [0.2, 0.25) is 0 Å². The standard InChI is InChI=1S/C13H22N4O2S/c1-15-12(8-18)14-17(13(15)20)9-16-6-7-19-11-5-3-2-4-10(11)16/h10-11,18H,2-9H2,1H3. The fourth-order valence-electron chi connectivity index (χ4n) is 3.29. The minimum absolute atomic E-state index is 0.0810. The lowest BCUT2D eigenvalue weighted by molar-refractivity contribution is -0.0994. The first-order valence-corrected chi connectivity index (χ1v) is 7.70. The highest BCUT2D eigenvalue weighted by Crippen LogP contribution is 2.28. The van der Waals surface area contributed by atoms with Gasteiger partial charge in [-0.1, -0.05) is 12.8 Å². The third-order valence-corrected chi connectivity index (χ3v) is 4.92. The molecule has 0 amide bonds. The predicted molar refractivity (Wildman–Crippen MR) is 76.7 cm³/mol. The van der Waals surface area contributed by atoms with Crippen molar-refractivity contribution in [2.75, 3.05) is 13.2 Å². The number of aliphatic hydroxyl groups excluding tert-OH is 1. The van der Waals surface area contributed by atoms with Gasteiger partial charge in [-0.3, -0.25) is 4.90 Å². The third kappa shape index (κ3) is 2.55. The van der Waals surface area contributed by atoms with Crippen molar-refractivity contribution in [2.24, 2.45) is 7.05 Å². The summed E-state index contributed by atoms with van der Waals surface area (Å²) in [5, 5.41) is 13.7. The Bertz CT molecular complexity index is 525. The van der Waals surface area contributed by atoms with E-state index >= 15 is 0 Å². The largest absolute Gasteiger partial charge is 0.388 e. The molecule has 2 atom stereocenters. The van der Waals surface area contributed by atoms with Gasteiger partial charge < -0.3 is 14.4 Å². The van der Waals surface area contributed by atoms with Crippen LogP contribution in [0.2, 0.25) is 0 Å². The molecule has 1 aromatic heterocycles. The highest BCUT2D eigenvalue weighted by Gasteiger charge is 2.34. The zero-order valence-corrected chi connectivity index (χ0v) is 12.7. The van der Waals surface area contributed by atoms with E-state index in [1.165, 1.54) is 19.3 Å². The van der Waals surface area contributed by atoms with Crippen LogP contribution in [0.5, 0.6) is 0 Å². The lowest BCUT2D eigenvalue weighted by Gasteiger charge is -2.43. The van der Waals surface area contributed by atoms with E-state index in [1.54, 1.807) is 4.57 Å². The second-order valence-corrected chi connectivity index (χ2v) is 6.00. The number of hydrogen-bond acceptors (Lipinski definition) is 5. The number of hydrogen-bond donors (Lipinski definition) is 1. The molecule has 7 heteroatoms. The molecule has 20 heavy (non-hydrogen) atoms. The van der Waals surface area contributed by atoms with Crippen molar-refractivity contribution in [1.82, 2.24) is 19.2 Å². The number of fused-ring (bicyclic) bond motifs is 1. The van der Waals surface area contributed by atoms with Crippen LogP contribution in [0.15, 0.2) is 0 Å². The number of nitrogens with zero attached hydrogens (tertiary/aromatic N) is 4. The molecule has 3 rings (SSSR count). The van der Waals surface area contributed by atoms with Gasteiger partial charge in [0.1, 0.15) is 6.61 Å². The molecule has 1 saturated carbocycles. The van der Waals surface area contributed by atoms with E-state index in [0.29, 0.717) is 29.4 Å². The van der Waals surface area contributed by atoms with Crippen molar-refractivity contribution >= 4 is 12.2 Å². The minimum Gasteiger partial charge on any atom is -0.388 e. The number of aliphatic hydroxyl groups is 1. The molecule has 2 fully saturated rings. The van der Waals surface area contributed by atoms with Gasteiger partial charge in [-0.05, 0) is 25.1 Å². The molecule has 0 bridgehead atoms. The lowest BCUT2D eigenvalue weighted by Crippen LogP contribution is -2.52. The van der Waals surface area contributed by atoms with Gasteiger partial charge >= 0.3 is 0 Å². The van der Waals surface area contributed by atoms with E-state index in [-0.39, 0.29) is 6.61 Å².